The van der Waals surface area contributed by atoms with Crippen molar-refractivity contribution < 1.29 is 9.15 Å². The molecule has 0 radical (unpaired) electrons. The number of ether oxygens (including phenoxy) is 1. The molecule has 6 nitrogen and oxygen atoms in total. The number of fused-ring (bicyclic) bond motifs is 2. The number of nitrogen functional groups attached to an aromatic ring is 1. The molecular formula is C19H23ClN4O2. The summed E-state index contributed by atoms with van der Waals surface area (Å²) in [4.78, 5) is 2.52. The van der Waals surface area contributed by atoms with Gasteiger partial charge in [0, 0.05) is 30.6 Å². The molecule has 1 saturated heterocycles. The molecule has 3 aliphatic rings. The first-order valence-corrected chi connectivity index (χ1v) is 9.74. The zero-order valence-corrected chi connectivity index (χ0v) is 15.8. The highest BCUT2D eigenvalue weighted by Gasteiger charge is 2.59. The third-order valence-electron chi connectivity index (χ3n) is 6.10. The predicted molar refractivity (Wildman–Crippen MR) is 99.4 cm³/mol. The largest absolute Gasteiger partial charge is 0.492 e. The number of hydrogen-bond acceptors (Lipinski definition) is 6. The highest BCUT2D eigenvalue weighted by Crippen LogP contribution is 2.58. The molecule has 0 spiro atoms. The number of rotatable bonds is 3. The van der Waals surface area contributed by atoms with E-state index in [2.05, 4.69) is 28.9 Å². The Balaban J connectivity index is 1.43. The van der Waals surface area contributed by atoms with Crippen LogP contribution in [0.4, 0.5) is 5.69 Å². The molecule has 2 atom stereocenters. The van der Waals surface area contributed by atoms with Gasteiger partial charge < -0.3 is 19.8 Å². The third-order valence-corrected chi connectivity index (χ3v) is 6.41. The van der Waals surface area contributed by atoms with Crippen LogP contribution in [0.2, 0.25) is 5.02 Å². The first kappa shape index (κ1) is 16.4. The van der Waals surface area contributed by atoms with Gasteiger partial charge in [-0.15, -0.1) is 10.2 Å². The maximum Gasteiger partial charge on any atom is 0.251 e. The zero-order valence-electron chi connectivity index (χ0n) is 15.0. The second-order valence-electron chi connectivity index (χ2n) is 7.93. The Morgan fingerprint density at radius 1 is 1.27 bits per heavy atom. The smallest absolute Gasteiger partial charge is 0.251 e. The normalized spacial score (nSPS) is 27.3. The summed E-state index contributed by atoms with van der Waals surface area (Å²) in [5.41, 5.74) is 8.43. The van der Waals surface area contributed by atoms with Crippen LogP contribution in [0.3, 0.4) is 0 Å². The third kappa shape index (κ3) is 2.42. The van der Waals surface area contributed by atoms with Crippen LogP contribution in [0.5, 0.6) is 5.75 Å². The number of anilines is 1. The fraction of sp³-hybridized carbons (Fsp3) is 0.579. The fourth-order valence-corrected chi connectivity index (χ4v) is 4.74. The van der Waals surface area contributed by atoms with Gasteiger partial charge in [-0.25, -0.2) is 0 Å². The van der Waals surface area contributed by atoms with Crippen LogP contribution in [0.1, 0.15) is 37.6 Å². The Hall–Kier alpha value is -1.79. The Bertz CT molecular complexity index is 853. The summed E-state index contributed by atoms with van der Waals surface area (Å²) >= 11 is 6.33. The van der Waals surface area contributed by atoms with Crippen molar-refractivity contribution in [3.05, 3.63) is 22.5 Å². The first-order valence-electron chi connectivity index (χ1n) is 9.36. The predicted octanol–water partition coefficient (Wildman–Crippen LogP) is 3.35. The minimum absolute atomic E-state index is 0.396. The van der Waals surface area contributed by atoms with Gasteiger partial charge in [0.2, 0.25) is 5.89 Å². The molecule has 2 aromatic rings. The highest BCUT2D eigenvalue weighted by molar-refractivity contribution is 6.33. The SMILES string of the molecule is CC(C)N1CC2C(C1)C2c1nnc(-c2cc(Cl)c(N)c3c2OCCC3)o1. The molecule has 1 aromatic heterocycles. The number of piperidine rings is 1. The van der Waals surface area contributed by atoms with Crippen molar-refractivity contribution in [1.29, 1.82) is 0 Å². The van der Waals surface area contributed by atoms with Gasteiger partial charge in [-0.2, -0.15) is 0 Å². The summed E-state index contributed by atoms with van der Waals surface area (Å²) in [6.07, 6.45) is 1.79. The molecule has 2 fully saturated rings. The molecule has 2 unspecified atom stereocenters. The average Bonchev–Trinajstić information content (AvgIpc) is 3.03. The second kappa shape index (κ2) is 5.86. The quantitative estimate of drug-likeness (QED) is 0.830. The van der Waals surface area contributed by atoms with Crippen LogP contribution in [-0.4, -0.2) is 40.8 Å². The van der Waals surface area contributed by atoms with E-state index in [4.69, 9.17) is 26.5 Å². The molecule has 0 amide bonds. The van der Waals surface area contributed by atoms with Crippen LogP contribution >= 0.6 is 11.6 Å². The number of hydrogen-bond donors (Lipinski definition) is 1. The molecule has 1 aromatic carbocycles. The van der Waals surface area contributed by atoms with Gasteiger partial charge in [-0.1, -0.05) is 11.6 Å². The van der Waals surface area contributed by atoms with E-state index in [0.717, 1.165) is 48.7 Å². The number of likely N-dealkylation sites (tertiary alicyclic amines) is 1. The lowest BCUT2D eigenvalue weighted by atomic mass is 10.00. The molecule has 1 aliphatic carbocycles. The van der Waals surface area contributed by atoms with Gasteiger partial charge in [-0.3, -0.25) is 0 Å². The summed E-state index contributed by atoms with van der Waals surface area (Å²) in [6, 6.07) is 2.38. The van der Waals surface area contributed by atoms with E-state index < -0.39 is 0 Å². The summed E-state index contributed by atoms with van der Waals surface area (Å²) in [6.45, 7) is 7.41. The minimum Gasteiger partial charge on any atom is -0.492 e. The maximum absolute atomic E-state index is 6.33. The Morgan fingerprint density at radius 3 is 2.77 bits per heavy atom. The molecule has 0 bridgehead atoms. The fourth-order valence-electron chi connectivity index (χ4n) is 4.52. The number of benzene rings is 1. The monoisotopic (exact) mass is 374 g/mol. The van der Waals surface area contributed by atoms with Crippen molar-refractivity contribution in [2.75, 3.05) is 25.4 Å². The molecule has 26 heavy (non-hydrogen) atoms. The highest BCUT2D eigenvalue weighted by atomic mass is 35.5. The molecule has 3 heterocycles. The lowest BCUT2D eigenvalue weighted by Crippen LogP contribution is -2.31. The van der Waals surface area contributed by atoms with E-state index in [9.17, 15) is 0 Å². The summed E-state index contributed by atoms with van der Waals surface area (Å²) < 4.78 is 11.9. The Labute approximate surface area is 157 Å². The van der Waals surface area contributed by atoms with E-state index in [1.165, 1.54) is 0 Å². The first-order chi connectivity index (χ1) is 12.5. The maximum atomic E-state index is 6.33. The van der Waals surface area contributed by atoms with Crippen LogP contribution < -0.4 is 10.5 Å². The number of nitrogens with zero attached hydrogens (tertiary/aromatic N) is 3. The van der Waals surface area contributed by atoms with Gasteiger partial charge in [0.25, 0.3) is 5.89 Å². The number of nitrogens with two attached hydrogens (primary N) is 1. The zero-order chi connectivity index (χ0) is 18.0. The summed E-state index contributed by atoms with van der Waals surface area (Å²) in [5, 5.41) is 9.15. The van der Waals surface area contributed by atoms with E-state index >= 15 is 0 Å². The van der Waals surface area contributed by atoms with E-state index in [0.29, 0.717) is 47.0 Å². The molecular weight excluding hydrogens is 352 g/mol. The van der Waals surface area contributed by atoms with Crippen LogP contribution in [0.25, 0.3) is 11.5 Å². The van der Waals surface area contributed by atoms with Crippen molar-refractivity contribution in [3.8, 4) is 17.2 Å². The average molecular weight is 375 g/mol. The summed E-state index contributed by atoms with van der Waals surface area (Å²) in [5.74, 6) is 3.65. The van der Waals surface area contributed by atoms with Gasteiger partial charge in [0.15, 0.2) is 0 Å². The molecule has 138 valence electrons. The molecule has 2 N–H and O–H groups in total. The van der Waals surface area contributed by atoms with E-state index in [1.807, 2.05) is 0 Å². The van der Waals surface area contributed by atoms with E-state index in [1.54, 1.807) is 6.07 Å². The molecule has 5 rings (SSSR count). The summed E-state index contributed by atoms with van der Waals surface area (Å²) in [7, 11) is 0. The van der Waals surface area contributed by atoms with Crippen molar-refractivity contribution in [2.45, 2.75) is 38.6 Å². The second-order valence-corrected chi connectivity index (χ2v) is 8.33. The van der Waals surface area contributed by atoms with E-state index in [-0.39, 0.29) is 0 Å². The van der Waals surface area contributed by atoms with Crippen LogP contribution in [0, 0.1) is 11.8 Å². The Morgan fingerprint density at radius 2 is 2.04 bits per heavy atom. The topological polar surface area (TPSA) is 77.4 Å². The van der Waals surface area contributed by atoms with Gasteiger partial charge in [0.05, 0.1) is 22.9 Å². The number of halogens is 1. The molecule has 2 aliphatic heterocycles. The lowest BCUT2D eigenvalue weighted by Gasteiger charge is -2.22. The van der Waals surface area contributed by atoms with Crippen LogP contribution in [0.15, 0.2) is 10.5 Å². The minimum atomic E-state index is 0.396. The standard InChI is InChI=1S/C19H23ClN4O2/c1-9(2)24-7-12-13(8-24)15(12)19-23-22-18(26-19)11-6-14(20)16(21)10-4-3-5-25-17(10)11/h6,9,12-13,15H,3-5,7-8,21H2,1-2H3. The van der Waals surface area contributed by atoms with Crippen molar-refractivity contribution in [3.63, 3.8) is 0 Å². The molecule has 1 saturated carbocycles. The van der Waals surface area contributed by atoms with Gasteiger partial charge in [0.1, 0.15) is 5.75 Å². The van der Waals surface area contributed by atoms with Gasteiger partial charge >= 0.3 is 0 Å². The van der Waals surface area contributed by atoms with Crippen molar-refractivity contribution in [2.24, 2.45) is 11.8 Å². The number of aromatic nitrogens is 2. The molecule has 7 heteroatoms. The van der Waals surface area contributed by atoms with Crippen molar-refractivity contribution >= 4 is 17.3 Å². The lowest BCUT2D eigenvalue weighted by molar-refractivity contribution is 0.238. The van der Waals surface area contributed by atoms with Gasteiger partial charge in [-0.05, 0) is 44.6 Å². The Kier molecular flexibility index (Phi) is 3.69. The van der Waals surface area contributed by atoms with Crippen molar-refractivity contribution in [1.82, 2.24) is 15.1 Å². The van der Waals surface area contributed by atoms with Crippen LogP contribution in [-0.2, 0) is 6.42 Å².